The Bertz CT molecular complexity index is 911. The third kappa shape index (κ3) is 4.54. The minimum Gasteiger partial charge on any atom is -0.350 e. The zero-order chi connectivity index (χ0) is 18.5. The Morgan fingerprint density at radius 3 is 2.73 bits per heavy atom. The van der Waals surface area contributed by atoms with Gasteiger partial charge in [0.15, 0.2) is 5.13 Å². The molecule has 3 N–H and O–H groups in total. The SMILES string of the molecule is C[C@@H](Nc1nc2ccccc2s1)C(=O)NNC(=O)Cc1cccc(F)c1. The summed E-state index contributed by atoms with van der Waals surface area (Å²) in [6.07, 6.45) is -0.0300. The van der Waals surface area contributed by atoms with Crippen LogP contribution in [-0.2, 0) is 16.0 Å². The van der Waals surface area contributed by atoms with Gasteiger partial charge in [0.1, 0.15) is 11.9 Å². The van der Waals surface area contributed by atoms with E-state index in [1.165, 1.54) is 29.5 Å². The van der Waals surface area contributed by atoms with Crippen LogP contribution in [0.1, 0.15) is 12.5 Å². The minimum absolute atomic E-state index is 0.0300. The Morgan fingerprint density at radius 2 is 1.96 bits per heavy atom. The lowest BCUT2D eigenvalue weighted by Gasteiger charge is -2.13. The molecule has 134 valence electrons. The summed E-state index contributed by atoms with van der Waals surface area (Å²) < 4.78 is 14.1. The third-order valence-corrected chi connectivity index (χ3v) is 4.57. The van der Waals surface area contributed by atoms with Gasteiger partial charge in [-0.1, -0.05) is 35.6 Å². The molecule has 0 aliphatic carbocycles. The van der Waals surface area contributed by atoms with Crippen molar-refractivity contribution in [3.8, 4) is 0 Å². The van der Waals surface area contributed by atoms with Gasteiger partial charge in [-0.15, -0.1) is 0 Å². The van der Waals surface area contributed by atoms with Gasteiger partial charge >= 0.3 is 0 Å². The van der Waals surface area contributed by atoms with Crippen molar-refractivity contribution >= 4 is 38.5 Å². The number of fused-ring (bicyclic) bond motifs is 1. The number of hydrogen-bond donors (Lipinski definition) is 3. The molecular weight excluding hydrogens is 355 g/mol. The average molecular weight is 372 g/mol. The minimum atomic E-state index is -0.593. The topological polar surface area (TPSA) is 83.1 Å². The Kier molecular flexibility index (Phi) is 5.43. The first kappa shape index (κ1) is 17.8. The fraction of sp³-hybridized carbons (Fsp3) is 0.167. The van der Waals surface area contributed by atoms with E-state index in [2.05, 4.69) is 21.2 Å². The van der Waals surface area contributed by atoms with Crippen LogP contribution >= 0.6 is 11.3 Å². The predicted molar refractivity (Wildman–Crippen MR) is 99.1 cm³/mol. The van der Waals surface area contributed by atoms with Crippen LogP contribution in [-0.4, -0.2) is 22.8 Å². The summed E-state index contributed by atoms with van der Waals surface area (Å²) >= 11 is 1.45. The molecule has 1 atom stereocenters. The highest BCUT2D eigenvalue weighted by molar-refractivity contribution is 7.22. The number of thiazole rings is 1. The van der Waals surface area contributed by atoms with E-state index in [9.17, 15) is 14.0 Å². The molecule has 0 unspecified atom stereocenters. The maximum Gasteiger partial charge on any atom is 0.260 e. The van der Waals surface area contributed by atoms with Gasteiger partial charge in [0.25, 0.3) is 5.91 Å². The van der Waals surface area contributed by atoms with Crippen LogP contribution in [0, 0.1) is 5.82 Å². The van der Waals surface area contributed by atoms with Gasteiger partial charge in [-0.2, -0.15) is 0 Å². The Labute approximate surface area is 153 Å². The summed E-state index contributed by atoms with van der Waals surface area (Å²) in [5.74, 6) is -1.25. The standard InChI is InChI=1S/C18H17FN4O2S/c1-11(20-18-21-14-7-2-3-8-15(14)26-18)17(25)23-22-16(24)10-12-5-4-6-13(19)9-12/h2-9,11H,10H2,1H3,(H,20,21)(H,22,24)(H,23,25)/t11-/m1/s1. The number of hydrazine groups is 1. The molecule has 1 aromatic heterocycles. The summed E-state index contributed by atoms with van der Waals surface area (Å²) in [7, 11) is 0. The molecule has 2 aromatic carbocycles. The first-order chi connectivity index (χ1) is 12.5. The van der Waals surface area contributed by atoms with E-state index < -0.39 is 23.7 Å². The number of nitrogens with zero attached hydrogens (tertiary/aromatic N) is 1. The molecule has 0 spiro atoms. The van der Waals surface area contributed by atoms with E-state index in [1.54, 1.807) is 13.0 Å². The zero-order valence-corrected chi connectivity index (χ0v) is 14.8. The number of para-hydroxylation sites is 1. The molecule has 26 heavy (non-hydrogen) atoms. The molecular formula is C18H17FN4O2S. The van der Waals surface area contributed by atoms with Crippen molar-refractivity contribution < 1.29 is 14.0 Å². The van der Waals surface area contributed by atoms with Gasteiger partial charge in [0.05, 0.1) is 16.6 Å². The molecule has 0 saturated heterocycles. The number of benzene rings is 2. The lowest BCUT2D eigenvalue weighted by atomic mass is 10.1. The van der Waals surface area contributed by atoms with Gasteiger partial charge in [0, 0.05) is 0 Å². The number of anilines is 1. The van der Waals surface area contributed by atoms with Crippen molar-refractivity contribution in [3.63, 3.8) is 0 Å². The van der Waals surface area contributed by atoms with Crippen LogP contribution in [0.4, 0.5) is 9.52 Å². The molecule has 3 rings (SSSR count). The van der Waals surface area contributed by atoms with E-state index in [4.69, 9.17) is 0 Å². The molecule has 0 fully saturated rings. The van der Waals surface area contributed by atoms with E-state index in [0.717, 1.165) is 10.2 Å². The monoisotopic (exact) mass is 372 g/mol. The third-order valence-electron chi connectivity index (χ3n) is 3.61. The number of aromatic nitrogens is 1. The van der Waals surface area contributed by atoms with E-state index in [-0.39, 0.29) is 6.42 Å². The maximum atomic E-state index is 13.1. The highest BCUT2D eigenvalue weighted by Gasteiger charge is 2.15. The van der Waals surface area contributed by atoms with Crippen LogP contribution in [0.25, 0.3) is 10.2 Å². The van der Waals surface area contributed by atoms with E-state index in [0.29, 0.717) is 10.7 Å². The first-order valence-corrected chi connectivity index (χ1v) is 8.78. The largest absolute Gasteiger partial charge is 0.350 e. The second-order valence-electron chi connectivity index (χ2n) is 5.70. The number of hydrogen-bond acceptors (Lipinski definition) is 5. The molecule has 1 heterocycles. The average Bonchev–Trinajstić information content (AvgIpc) is 3.01. The van der Waals surface area contributed by atoms with Crippen LogP contribution in [0.3, 0.4) is 0 Å². The van der Waals surface area contributed by atoms with Gasteiger partial charge in [-0.25, -0.2) is 9.37 Å². The molecule has 2 amide bonds. The van der Waals surface area contributed by atoms with Crippen molar-refractivity contribution in [2.45, 2.75) is 19.4 Å². The molecule has 0 radical (unpaired) electrons. The lowest BCUT2D eigenvalue weighted by Crippen LogP contribution is -2.48. The molecule has 8 heteroatoms. The Morgan fingerprint density at radius 1 is 1.15 bits per heavy atom. The first-order valence-electron chi connectivity index (χ1n) is 7.96. The second kappa shape index (κ2) is 7.92. The van der Waals surface area contributed by atoms with Crippen molar-refractivity contribution in [1.29, 1.82) is 0 Å². The van der Waals surface area contributed by atoms with Crippen LogP contribution < -0.4 is 16.2 Å². The highest BCUT2D eigenvalue weighted by atomic mass is 32.1. The normalized spacial score (nSPS) is 11.8. The molecule has 0 saturated carbocycles. The summed E-state index contributed by atoms with van der Waals surface area (Å²) in [6, 6.07) is 12.8. The smallest absolute Gasteiger partial charge is 0.260 e. The van der Waals surface area contributed by atoms with Crippen LogP contribution in [0.2, 0.25) is 0 Å². The highest BCUT2D eigenvalue weighted by Crippen LogP contribution is 2.25. The van der Waals surface area contributed by atoms with Crippen LogP contribution in [0.5, 0.6) is 0 Å². The summed E-state index contributed by atoms with van der Waals surface area (Å²) in [6.45, 7) is 1.67. The van der Waals surface area contributed by atoms with Crippen LogP contribution in [0.15, 0.2) is 48.5 Å². The molecule has 6 nitrogen and oxygen atoms in total. The van der Waals surface area contributed by atoms with Gasteiger partial charge in [-0.05, 0) is 36.8 Å². The van der Waals surface area contributed by atoms with Crippen molar-refractivity contribution in [3.05, 3.63) is 59.9 Å². The van der Waals surface area contributed by atoms with E-state index in [1.807, 2.05) is 24.3 Å². The number of halogens is 1. The maximum absolute atomic E-state index is 13.1. The van der Waals surface area contributed by atoms with Crippen molar-refractivity contribution in [2.75, 3.05) is 5.32 Å². The summed E-state index contributed by atoms with van der Waals surface area (Å²) in [4.78, 5) is 28.3. The number of carbonyl (C=O) groups is 2. The van der Waals surface area contributed by atoms with Crippen molar-refractivity contribution in [2.24, 2.45) is 0 Å². The van der Waals surface area contributed by atoms with Gasteiger partial charge < -0.3 is 5.32 Å². The molecule has 0 bridgehead atoms. The quantitative estimate of drug-likeness (QED) is 0.601. The zero-order valence-electron chi connectivity index (χ0n) is 14.0. The van der Waals surface area contributed by atoms with Gasteiger partial charge in [-0.3, -0.25) is 20.4 Å². The fourth-order valence-corrected chi connectivity index (χ4v) is 3.25. The number of nitrogens with one attached hydrogen (secondary N) is 3. The predicted octanol–water partition coefficient (Wildman–Crippen LogP) is 2.63. The lowest BCUT2D eigenvalue weighted by molar-refractivity contribution is -0.128. The fourth-order valence-electron chi connectivity index (χ4n) is 2.30. The molecule has 3 aromatic rings. The number of amides is 2. The number of carbonyl (C=O) groups excluding carboxylic acids is 2. The Balaban J connectivity index is 1.50. The number of rotatable bonds is 5. The molecule has 0 aliphatic heterocycles. The van der Waals surface area contributed by atoms with Gasteiger partial charge in [0.2, 0.25) is 5.91 Å². The summed E-state index contributed by atoms with van der Waals surface area (Å²) in [5.41, 5.74) is 6.06. The van der Waals surface area contributed by atoms with Crippen molar-refractivity contribution in [1.82, 2.24) is 15.8 Å². The van der Waals surface area contributed by atoms with E-state index >= 15 is 0 Å². The molecule has 0 aliphatic rings. The Hall–Kier alpha value is -3.00. The second-order valence-corrected chi connectivity index (χ2v) is 6.73. The summed E-state index contributed by atoms with van der Waals surface area (Å²) in [5, 5.41) is 3.63.